The van der Waals surface area contributed by atoms with Crippen molar-refractivity contribution in [3.8, 4) is 0 Å². The van der Waals surface area contributed by atoms with Crippen LogP contribution in [0.4, 0.5) is 4.39 Å². The van der Waals surface area contributed by atoms with Crippen LogP contribution in [-0.4, -0.2) is 34.2 Å². The highest BCUT2D eigenvalue weighted by molar-refractivity contribution is 5.31. The van der Waals surface area contributed by atoms with E-state index in [-0.39, 0.29) is 5.82 Å². The monoisotopic (exact) mass is 364 g/mol. The van der Waals surface area contributed by atoms with Gasteiger partial charge >= 0.3 is 0 Å². The van der Waals surface area contributed by atoms with E-state index in [2.05, 4.69) is 44.7 Å². The number of hydrogen-bond donors (Lipinski definition) is 2. The van der Waals surface area contributed by atoms with E-state index in [1.54, 1.807) is 12.1 Å². The summed E-state index contributed by atoms with van der Waals surface area (Å²) in [7, 11) is 0. The summed E-state index contributed by atoms with van der Waals surface area (Å²) < 4.78 is 13.2. The fraction of sp³-hybridized carbons (Fsp3) is 0.318. The summed E-state index contributed by atoms with van der Waals surface area (Å²) in [6.45, 7) is 3.70. The van der Waals surface area contributed by atoms with Crippen LogP contribution >= 0.6 is 0 Å². The van der Waals surface area contributed by atoms with Crippen LogP contribution in [-0.2, 0) is 25.9 Å². The molecule has 1 aromatic heterocycles. The Morgan fingerprint density at radius 3 is 2.67 bits per heavy atom. The number of fused-ring (bicyclic) bond motifs is 1. The normalized spacial score (nSPS) is 17.0. The van der Waals surface area contributed by atoms with Crippen LogP contribution in [0.1, 0.15) is 22.3 Å². The molecule has 1 aliphatic heterocycles. The summed E-state index contributed by atoms with van der Waals surface area (Å²) in [5.41, 5.74) is 5.22. The van der Waals surface area contributed by atoms with Crippen LogP contribution in [0.2, 0.25) is 0 Å². The lowest BCUT2D eigenvalue weighted by molar-refractivity contribution is 0.170. The molecule has 4 rings (SSSR count). The number of nitrogens with zero attached hydrogens (tertiary/aromatic N) is 2. The summed E-state index contributed by atoms with van der Waals surface area (Å²) >= 11 is 0. The molecule has 0 spiro atoms. The highest BCUT2D eigenvalue weighted by Gasteiger charge is 2.25. The lowest BCUT2D eigenvalue weighted by atomic mass is 9.90. The van der Waals surface area contributed by atoms with Crippen molar-refractivity contribution in [1.82, 2.24) is 20.4 Å². The third-order valence-corrected chi connectivity index (χ3v) is 5.31. The zero-order valence-corrected chi connectivity index (χ0v) is 15.4. The van der Waals surface area contributed by atoms with Crippen molar-refractivity contribution in [3.05, 3.63) is 89.0 Å². The number of aromatic amines is 1. The van der Waals surface area contributed by atoms with E-state index in [4.69, 9.17) is 0 Å². The van der Waals surface area contributed by atoms with E-state index in [0.29, 0.717) is 6.04 Å². The minimum atomic E-state index is -0.173. The molecule has 3 aromatic rings. The Labute approximate surface area is 159 Å². The van der Waals surface area contributed by atoms with Crippen LogP contribution in [0.25, 0.3) is 0 Å². The molecule has 140 valence electrons. The second kappa shape index (κ2) is 8.46. The molecule has 1 atom stereocenters. The van der Waals surface area contributed by atoms with Gasteiger partial charge in [-0.3, -0.25) is 10.00 Å². The van der Waals surface area contributed by atoms with Crippen molar-refractivity contribution in [3.63, 3.8) is 0 Å². The number of H-pyrrole nitrogens is 1. The smallest absolute Gasteiger partial charge is 0.123 e. The molecule has 0 radical (unpaired) electrons. The molecule has 1 unspecified atom stereocenters. The van der Waals surface area contributed by atoms with Crippen LogP contribution in [0, 0.1) is 5.82 Å². The number of halogens is 1. The predicted molar refractivity (Wildman–Crippen MR) is 105 cm³/mol. The standard InChI is InChI=1S/C22H25FN4/c23-21-7-5-17(6-8-21)11-22-12-19-3-1-2-4-20(19)16-27(22)10-9-24-13-18-14-25-26-15-18/h1-8,14-15,22,24H,9-13,16H2,(H,25,26). The number of nitrogens with one attached hydrogen (secondary N) is 2. The van der Waals surface area contributed by atoms with Gasteiger partial charge in [-0.05, 0) is 41.7 Å². The van der Waals surface area contributed by atoms with Gasteiger partial charge < -0.3 is 5.32 Å². The Hall–Kier alpha value is -2.50. The Morgan fingerprint density at radius 1 is 1.07 bits per heavy atom. The molecule has 0 bridgehead atoms. The van der Waals surface area contributed by atoms with E-state index in [1.165, 1.54) is 22.3 Å². The third-order valence-electron chi connectivity index (χ3n) is 5.31. The van der Waals surface area contributed by atoms with Gasteiger partial charge in [0.05, 0.1) is 6.20 Å². The SMILES string of the molecule is Fc1ccc(CC2Cc3ccccc3CN2CCNCc2cn[nH]c2)cc1. The molecule has 0 fully saturated rings. The molecule has 4 nitrogen and oxygen atoms in total. The molecule has 1 aliphatic rings. The fourth-order valence-electron chi connectivity index (χ4n) is 3.83. The Morgan fingerprint density at radius 2 is 1.89 bits per heavy atom. The van der Waals surface area contributed by atoms with Gasteiger partial charge in [0, 0.05) is 44.0 Å². The Kier molecular flexibility index (Phi) is 5.61. The molecule has 2 heterocycles. The van der Waals surface area contributed by atoms with Crippen molar-refractivity contribution >= 4 is 0 Å². The van der Waals surface area contributed by atoms with Gasteiger partial charge in [-0.15, -0.1) is 0 Å². The quantitative estimate of drug-likeness (QED) is 0.632. The molecular weight excluding hydrogens is 339 g/mol. The average Bonchev–Trinajstić information content (AvgIpc) is 3.21. The second-order valence-corrected chi connectivity index (χ2v) is 7.21. The number of benzene rings is 2. The van der Waals surface area contributed by atoms with Gasteiger partial charge in [0.2, 0.25) is 0 Å². The van der Waals surface area contributed by atoms with Gasteiger partial charge in [-0.1, -0.05) is 36.4 Å². The number of aromatic nitrogens is 2. The van der Waals surface area contributed by atoms with Crippen molar-refractivity contribution < 1.29 is 4.39 Å². The summed E-state index contributed by atoms with van der Waals surface area (Å²) in [4.78, 5) is 2.55. The fourth-order valence-corrected chi connectivity index (χ4v) is 3.83. The number of rotatable bonds is 7. The zero-order chi connectivity index (χ0) is 18.5. The van der Waals surface area contributed by atoms with Gasteiger partial charge in [-0.25, -0.2) is 4.39 Å². The molecule has 0 amide bonds. The predicted octanol–water partition coefficient (Wildman–Crippen LogP) is 3.31. The minimum Gasteiger partial charge on any atom is -0.311 e. The van der Waals surface area contributed by atoms with E-state index in [1.807, 2.05) is 24.5 Å². The van der Waals surface area contributed by atoms with E-state index < -0.39 is 0 Å². The molecular formula is C22H25FN4. The lowest BCUT2D eigenvalue weighted by Crippen LogP contribution is -2.44. The summed E-state index contributed by atoms with van der Waals surface area (Å²) in [5, 5.41) is 10.3. The molecule has 2 aromatic carbocycles. The first-order valence-corrected chi connectivity index (χ1v) is 9.51. The van der Waals surface area contributed by atoms with Crippen molar-refractivity contribution in [2.75, 3.05) is 13.1 Å². The first kappa shape index (κ1) is 17.9. The third kappa shape index (κ3) is 4.62. The summed E-state index contributed by atoms with van der Waals surface area (Å²) in [6, 6.07) is 16.1. The van der Waals surface area contributed by atoms with Gasteiger partial charge in [0.1, 0.15) is 5.82 Å². The topological polar surface area (TPSA) is 44.0 Å². The molecule has 0 saturated carbocycles. The number of hydrogen-bond acceptors (Lipinski definition) is 3. The highest BCUT2D eigenvalue weighted by Crippen LogP contribution is 2.25. The summed E-state index contributed by atoms with van der Waals surface area (Å²) in [6.07, 6.45) is 5.74. The Bertz CT molecular complexity index is 845. The van der Waals surface area contributed by atoms with E-state index in [9.17, 15) is 4.39 Å². The molecule has 27 heavy (non-hydrogen) atoms. The highest BCUT2D eigenvalue weighted by atomic mass is 19.1. The lowest BCUT2D eigenvalue weighted by Gasteiger charge is -2.37. The second-order valence-electron chi connectivity index (χ2n) is 7.21. The zero-order valence-electron chi connectivity index (χ0n) is 15.4. The summed E-state index contributed by atoms with van der Waals surface area (Å²) in [5.74, 6) is -0.173. The molecule has 5 heteroatoms. The van der Waals surface area contributed by atoms with E-state index >= 15 is 0 Å². The van der Waals surface area contributed by atoms with Crippen molar-refractivity contribution in [1.29, 1.82) is 0 Å². The van der Waals surface area contributed by atoms with Crippen molar-refractivity contribution in [2.45, 2.75) is 32.0 Å². The Balaban J connectivity index is 1.41. The van der Waals surface area contributed by atoms with Gasteiger partial charge in [0.15, 0.2) is 0 Å². The molecule has 0 saturated heterocycles. The average molecular weight is 364 g/mol. The van der Waals surface area contributed by atoms with Crippen LogP contribution in [0.5, 0.6) is 0 Å². The largest absolute Gasteiger partial charge is 0.311 e. The van der Waals surface area contributed by atoms with Crippen LogP contribution < -0.4 is 5.32 Å². The first-order valence-electron chi connectivity index (χ1n) is 9.51. The van der Waals surface area contributed by atoms with Crippen molar-refractivity contribution in [2.24, 2.45) is 0 Å². The van der Waals surface area contributed by atoms with E-state index in [0.717, 1.165) is 39.0 Å². The maximum Gasteiger partial charge on any atom is 0.123 e. The minimum absolute atomic E-state index is 0.173. The van der Waals surface area contributed by atoms with Gasteiger partial charge in [-0.2, -0.15) is 5.10 Å². The molecule has 0 aliphatic carbocycles. The van der Waals surface area contributed by atoms with Gasteiger partial charge in [0.25, 0.3) is 0 Å². The maximum absolute atomic E-state index is 13.2. The van der Waals surface area contributed by atoms with Crippen LogP contribution in [0.3, 0.4) is 0 Å². The van der Waals surface area contributed by atoms with Crippen LogP contribution in [0.15, 0.2) is 60.9 Å². The maximum atomic E-state index is 13.2. The first-order chi connectivity index (χ1) is 13.3. The molecule has 2 N–H and O–H groups in total.